The number of halogens is 1. The van der Waals surface area contributed by atoms with E-state index in [2.05, 4.69) is 10.3 Å². The van der Waals surface area contributed by atoms with Crippen LogP contribution in [-0.4, -0.2) is 40.8 Å². The summed E-state index contributed by atoms with van der Waals surface area (Å²) in [4.78, 5) is 30.2. The van der Waals surface area contributed by atoms with E-state index in [4.69, 9.17) is 0 Å². The van der Waals surface area contributed by atoms with Crippen LogP contribution in [0.15, 0.2) is 48.8 Å². The molecule has 0 aliphatic carbocycles. The molecule has 5 nitrogen and oxygen atoms in total. The molecule has 1 N–H and O–H groups in total. The van der Waals surface area contributed by atoms with Crippen molar-refractivity contribution in [3.8, 4) is 0 Å². The third kappa shape index (κ3) is 3.76. The van der Waals surface area contributed by atoms with Gasteiger partial charge >= 0.3 is 0 Å². The van der Waals surface area contributed by atoms with Gasteiger partial charge in [-0.15, -0.1) is 0 Å². The zero-order valence-electron chi connectivity index (χ0n) is 13.1. The zero-order valence-corrected chi connectivity index (χ0v) is 13.1. The van der Waals surface area contributed by atoms with E-state index < -0.39 is 5.82 Å². The number of hydrogen-bond donors (Lipinski definition) is 1. The van der Waals surface area contributed by atoms with E-state index in [1.165, 1.54) is 18.2 Å². The lowest BCUT2D eigenvalue weighted by atomic mass is 10.0. The van der Waals surface area contributed by atoms with Crippen LogP contribution in [0.2, 0.25) is 0 Å². The number of aromatic nitrogens is 1. The van der Waals surface area contributed by atoms with Gasteiger partial charge in [-0.05, 0) is 43.2 Å². The van der Waals surface area contributed by atoms with Gasteiger partial charge in [0.1, 0.15) is 5.82 Å². The summed E-state index contributed by atoms with van der Waals surface area (Å²) in [5.41, 5.74) is 0.928. The van der Waals surface area contributed by atoms with E-state index in [9.17, 15) is 14.0 Å². The van der Waals surface area contributed by atoms with Crippen molar-refractivity contribution in [1.29, 1.82) is 0 Å². The fraction of sp³-hybridized carbons (Fsp3) is 0.278. The molecule has 3 rings (SSSR count). The van der Waals surface area contributed by atoms with E-state index in [-0.39, 0.29) is 17.9 Å². The van der Waals surface area contributed by atoms with Gasteiger partial charge in [0.05, 0.1) is 0 Å². The molecule has 1 fully saturated rings. The Morgan fingerprint density at radius 1 is 1.08 bits per heavy atom. The monoisotopic (exact) mass is 327 g/mol. The van der Waals surface area contributed by atoms with Gasteiger partial charge in [0.2, 0.25) is 0 Å². The number of nitrogens with one attached hydrogen (secondary N) is 1. The van der Waals surface area contributed by atoms with E-state index in [1.807, 2.05) is 0 Å². The van der Waals surface area contributed by atoms with Gasteiger partial charge in [-0.2, -0.15) is 0 Å². The number of carbonyl (C=O) groups excluding carboxylic acids is 2. The van der Waals surface area contributed by atoms with Crippen LogP contribution < -0.4 is 5.32 Å². The van der Waals surface area contributed by atoms with Gasteiger partial charge in [-0.25, -0.2) is 4.39 Å². The molecule has 6 heteroatoms. The maximum Gasteiger partial charge on any atom is 0.253 e. The van der Waals surface area contributed by atoms with Gasteiger partial charge in [0.15, 0.2) is 0 Å². The van der Waals surface area contributed by atoms with Crippen molar-refractivity contribution in [2.45, 2.75) is 18.9 Å². The number of nitrogens with zero attached hydrogens (tertiary/aromatic N) is 2. The van der Waals surface area contributed by atoms with Crippen molar-refractivity contribution in [3.05, 3.63) is 65.7 Å². The third-order valence-corrected chi connectivity index (χ3v) is 4.13. The van der Waals surface area contributed by atoms with Crippen LogP contribution in [0.1, 0.15) is 33.6 Å². The Bertz CT molecular complexity index is 728. The third-order valence-electron chi connectivity index (χ3n) is 4.13. The summed E-state index contributed by atoms with van der Waals surface area (Å²) >= 11 is 0. The highest BCUT2D eigenvalue weighted by molar-refractivity contribution is 5.95. The Kier molecular flexibility index (Phi) is 4.84. The van der Waals surface area contributed by atoms with Crippen LogP contribution in [-0.2, 0) is 0 Å². The van der Waals surface area contributed by atoms with Crippen molar-refractivity contribution in [3.63, 3.8) is 0 Å². The van der Waals surface area contributed by atoms with Gasteiger partial charge in [0, 0.05) is 42.7 Å². The molecule has 1 aromatic heterocycles. The van der Waals surface area contributed by atoms with Crippen LogP contribution in [0.4, 0.5) is 4.39 Å². The Labute approximate surface area is 139 Å². The summed E-state index contributed by atoms with van der Waals surface area (Å²) in [6.07, 6.45) is 4.55. The van der Waals surface area contributed by atoms with E-state index in [1.54, 1.807) is 35.5 Å². The van der Waals surface area contributed by atoms with Crippen LogP contribution >= 0.6 is 0 Å². The molecule has 1 saturated heterocycles. The molecule has 0 spiro atoms. The lowest BCUT2D eigenvalue weighted by Crippen LogP contribution is -2.46. The first-order chi connectivity index (χ1) is 11.6. The van der Waals surface area contributed by atoms with E-state index >= 15 is 0 Å². The summed E-state index contributed by atoms with van der Waals surface area (Å²) in [5, 5.41) is 2.91. The minimum atomic E-state index is -0.430. The standard InChI is InChI=1S/C18H18FN3O2/c19-15-3-1-2-14(12-15)17(23)21-16-6-10-22(11-7-16)18(24)13-4-8-20-9-5-13/h1-5,8-9,12,16H,6-7,10-11H2,(H,21,23). The van der Waals surface area contributed by atoms with Crippen LogP contribution in [0.5, 0.6) is 0 Å². The smallest absolute Gasteiger partial charge is 0.253 e. The predicted molar refractivity (Wildman–Crippen MR) is 87.0 cm³/mol. The maximum absolute atomic E-state index is 13.2. The average Bonchev–Trinajstić information content (AvgIpc) is 2.62. The highest BCUT2D eigenvalue weighted by atomic mass is 19.1. The molecule has 0 atom stereocenters. The first-order valence-corrected chi connectivity index (χ1v) is 7.89. The molecule has 1 aromatic carbocycles. The molecular weight excluding hydrogens is 309 g/mol. The lowest BCUT2D eigenvalue weighted by molar-refractivity contribution is 0.0698. The number of pyridine rings is 1. The molecule has 124 valence electrons. The van der Waals surface area contributed by atoms with Crippen LogP contribution in [0.25, 0.3) is 0 Å². The molecule has 2 heterocycles. The molecule has 0 saturated carbocycles. The summed E-state index contributed by atoms with van der Waals surface area (Å²) in [5.74, 6) is -0.735. The minimum Gasteiger partial charge on any atom is -0.349 e. The summed E-state index contributed by atoms with van der Waals surface area (Å²) in [7, 11) is 0. The predicted octanol–water partition coefficient (Wildman–Crippen LogP) is 2.26. The molecule has 1 aliphatic rings. The highest BCUT2D eigenvalue weighted by Crippen LogP contribution is 2.14. The van der Waals surface area contributed by atoms with Gasteiger partial charge in [0.25, 0.3) is 11.8 Å². The van der Waals surface area contributed by atoms with E-state index in [0.29, 0.717) is 37.1 Å². The number of hydrogen-bond acceptors (Lipinski definition) is 3. The van der Waals surface area contributed by atoms with Crippen molar-refractivity contribution in [2.24, 2.45) is 0 Å². The minimum absolute atomic E-state index is 0.0118. The van der Waals surface area contributed by atoms with Gasteiger partial charge in [-0.3, -0.25) is 14.6 Å². The maximum atomic E-state index is 13.2. The first kappa shape index (κ1) is 16.1. The Morgan fingerprint density at radius 3 is 2.46 bits per heavy atom. The summed E-state index contributed by atoms with van der Waals surface area (Å²) < 4.78 is 13.2. The second kappa shape index (κ2) is 7.21. The molecule has 0 bridgehead atoms. The fourth-order valence-corrected chi connectivity index (χ4v) is 2.80. The fourth-order valence-electron chi connectivity index (χ4n) is 2.80. The molecule has 0 radical (unpaired) electrons. The summed E-state index contributed by atoms with van der Waals surface area (Å²) in [6.45, 7) is 1.16. The second-order valence-corrected chi connectivity index (χ2v) is 5.79. The Hall–Kier alpha value is -2.76. The number of likely N-dealkylation sites (tertiary alicyclic amines) is 1. The van der Waals surface area contributed by atoms with Crippen LogP contribution in [0, 0.1) is 5.82 Å². The second-order valence-electron chi connectivity index (χ2n) is 5.79. The number of benzene rings is 1. The largest absolute Gasteiger partial charge is 0.349 e. The van der Waals surface area contributed by atoms with Crippen molar-refractivity contribution < 1.29 is 14.0 Å². The topological polar surface area (TPSA) is 62.3 Å². The lowest BCUT2D eigenvalue weighted by Gasteiger charge is -2.32. The summed E-state index contributed by atoms with van der Waals surface area (Å²) in [6, 6.07) is 9.00. The molecule has 1 aliphatic heterocycles. The molecule has 2 aromatic rings. The molecular formula is C18H18FN3O2. The SMILES string of the molecule is O=C(NC1CCN(C(=O)c2ccncc2)CC1)c1cccc(F)c1. The van der Waals surface area contributed by atoms with Gasteiger partial charge in [-0.1, -0.05) is 6.07 Å². The molecule has 2 amide bonds. The highest BCUT2D eigenvalue weighted by Gasteiger charge is 2.24. The van der Waals surface area contributed by atoms with Gasteiger partial charge < -0.3 is 10.2 Å². The zero-order chi connectivity index (χ0) is 16.9. The number of piperidine rings is 1. The van der Waals surface area contributed by atoms with Crippen molar-refractivity contribution >= 4 is 11.8 Å². The number of amides is 2. The number of carbonyl (C=O) groups is 2. The normalized spacial score (nSPS) is 15.1. The van der Waals surface area contributed by atoms with Crippen molar-refractivity contribution in [2.75, 3.05) is 13.1 Å². The van der Waals surface area contributed by atoms with E-state index in [0.717, 1.165) is 0 Å². The van der Waals surface area contributed by atoms with Crippen molar-refractivity contribution in [1.82, 2.24) is 15.2 Å². The number of rotatable bonds is 3. The average molecular weight is 327 g/mol. The first-order valence-electron chi connectivity index (χ1n) is 7.89. The Morgan fingerprint density at radius 2 is 1.79 bits per heavy atom. The Balaban J connectivity index is 1.54. The molecule has 24 heavy (non-hydrogen) atoms. The molecule has 0 unspecified atom stereocenters. The quantitative estimate of drug-likeness (QED) is 0.940. The van der Waals surface area contributed by atoms with Crippen LogP contribution in [0.3, 0.4) is 0 Å².